The zero-order valence-electron chi connectivity index (χ0n) is 12.7. The Morgan fingerprint density at radius 2 is 1.85 bits per heavy atom. The molecule has 0 atom stereocenters. The van der Waals surface area contributed by atoms with E-state index < -0.39 is 0 Å². The lowest BCUT2D eigenvalue weighted by molar-refractivity contribution is 0.211. The molecule has 1 aromatic carbocycles. The maximum absolute atomic E-state index is 12.2. The van der Waals surface area contributed by atoms with Crippen molar-refractivity contribution in [1.82, 2.24) is 9.80 Å². The Bertz CT molecular complexity index is 403. The number of nitrogens with two attached hydrogens (primary N) is 1. The number of carbonyl (C=O) groups excluding carboxylic acids is 1. The van der Waals surface area contributed by atoms with Gasteiger partial charge in [0, 0.05) is 25.3 Å². The number of benzene rings is 1. The Labute approximate surface area is 121 Å². The largest absolute Gasteiger partial charge is 0.326 e. The summed E-state index contributed by atoms with van der Waals surface area (Å²) in [4.78, 5) is 16.1. The van der Waals surface area contributed by atoms with Crippen LogP contribution in [0.1, 0.15) is 18.9 Å². The van der Waals surface area contributed by atoms with Gasteiger partial charge in [-0.05, 0) is 51.7 Å². The molecule has 112 valence electrons. The van der Waals surface area contributed by atoms with Gasteiger partial charge >= 0.3 is 6.03 Å². The fourth-order valence-corrected chi connectivity index (χ4v) is 1.91. The average Bonchev–Trinajstić information content (AvgIpc) is 2.44. The summed E-state index contributed by atoms with van der Waals surface area (Å²) in [6.07, 6.45) is 0.973. The minimum atomic E-state index is -0.0493. The van der Waals surface area contributed by atoms with E-state index in [4.69, 9.17) is 5.73 Å². The standard InChI is InChI=1S/C15H26N4O/c1-4-19(11-5-10-18(2)3)15(20)17-14-8-6-13(12-16)7-9-14/h6-9H,4-5,10-12,16H2,1-3H3,(H,17,20). The molecule has 0 heterocycles. The van der Waals surface area contributed by atoms with Crippen molar-refractivity contribution >= 4 is 11.7 Å². The Balaban J connectivity index is 2.49. The van der Waals surface area contributed by atoms with Gasteiger partial charge in [0.15, 0.2) is 0 Å². The highest BCUT2D eigenvalue weighted by Crippen LogP contribution is 2.10. The molecule has 3 N–H and O–H groups in total. The van der Waals surface area contributed by atoms with Crippen molar-refractivity contribution in [2.45, 2.75) is 19.9 Å². The topological polar surface area (TPSA) is 61.6 Å². The third-order valence-corrected chi connectivity index (χ3v) is 3.14. The van der Waals surface area contributed by atoms with Gasteiger partial charge in [-0.1, -0.05) is 12.1 Å². The summed E-state index contributed by atoms with van der Waals surface area (Å²) in [7, 11) is 4.07. The molecule has 0 unspecified atom stereocenters. The number of anilines is 1. The Morgan fingerprint density at radius 1 is 1.20 bits per heavy atom. The second-order valence-electron chi connectivity index (χ2n) is 5.07. The van der Waals surface area contributed by atoms with E-state index >= 15 is 0 Å². The molecular formula is C15H26N4O. The van der Waals surface area contributed by atoms with Gasteiger partial charge in [-0.25, -0.2) is 4.79 Å². The van der Waals surface area contributed by atoms with Crippen molar-refractivity contribution in [2.75, 3.05) is 39.0 Å². The molecule has 0 aliphatic heterocycles. The van der Waals surface area contributed by atoms with Crippen LogP contribution < -0.4 is 11.1 Å². The summed E-state index contributed by atoms with van der Waals surface area (Å²) < 4.78 is 0. The van der Waals surface area contributed by atoms with Crippen LogP contribution in [0.25, 0.3) is 0 Å². The van der Waals surface area contributed by atoms with Gasteiger partial charge in [0.1, 0.15) is 0 Å². The molecule has 0 bridgehead atoms. The predicted molar refractivity (Wildman–Crippen MR) is 83.8 cm³/mol. The number of nitrogens with zero attached hydrogens (tertiary/aromatic N) is 2. The van der Waals surface area contributed by atoms with E-state index in [0.717, 1.165) is 30.8 Å². The number of hydrogen-bond acceptors (Lipinski definition) is 3. The van der Waals surface area contributed by atoms with Crippen LogP contribution >= 0.6 is 0 Å². The molecule has 0 spiro atoms. The van der Waals surface area contributed by atoms with Gasteiger partial charge in [0.05, 0.1) is 0 Å². The summed E-state index contributed by atoms with van der Waals surface area (Å²) in [5.41, 5.74) is 7.41. The van der Waals surface area contributed by atoms with Crippen LogP contribution in [0.15, 0.2) is 24.3 Å². The van der Waals surface area contributed by atoms with Gasteiger partial charge in [-0.2, -0.15) is 0 Å². The number of nitrogens with one attached hydrogen (secondary N) is 1. The molecule has 1 aromatic rings. The van der Waals surface area contributed by atoms with Gasteiger partial charge in [0.2, 0.25) is 0 Å². The van der Waals surface area contributed by atoms with E-state index in [0.29, 0.717) is 13.1 Å². The first-order valence-electron chi connectivity index (χ1n) is 7.06. The molecule has 5 heteroatoms. The van der Waals surface area contributed by atoms with Crippen LogP contribution in [0.2, 0.25) is 0 Å². The number of rotatable bonds is 7. The third kappa shape index (κ3) is 5.59. The fraction of sp³-hybridized carbons (Fsp3) is 0.533. The highest BCUT2D eigenvalue weighted by atomic mass is 16.2. The van der Waals surface area contributed by atoms with E-state index in [1.165, 1.54) is 0 Å². The molecule has 0 fully saturated rings. The monoisotopic (exact) mass is 278 g/mol. The lowest BCUT2D eigenvalue weighted by Gasteiger charge is -2.22. The zero-order chi connectivity index (χ0) is 15.0. The lowest BCUT2D eigenvalue weighted by Crippen LogP contribution is -2.36. The maximum Gasteiger partial charge on any atom is 0.321 e. The van der Waals surface area contributed by atoms with Crippen LogP contribution in [0.4, 0.5) is 10.5 Å². The Kier molecular flexibility index (Phi) is 7.04. The summed E-state index contributed by atoms with van der Waals surface area (Å²) in [6, 6.07) is 7.57. The molecule has 5 nitrogen and oxygen atoms in total. The molecule has 0 saturated carbocycles. The summed E-state index contributed by atoms with van der Waals surface area (Å²) >= 11 is 0. The highest BCUT2D eigenvalue weighted by molar-refractivity contribution is 5.89. The van der Waals surface area contributed by atoms with E-state index in [1.807, 2.05) is 50.2 Å². The number of urea groups is 1. The molecule has 2 amide bonds. The number of hydrogen-bond donors (Lipinski definition) is 2. The summed E-state index contributed by atoms with van der Waals surface area (Å²) in [5, 5.41) is 2.91. The maximum atomic E-state index is 12.2. The number of amides is 2. The summed E-state index contributed by atoms with van der Waals surface area (Å²) in [6.45, 7) is 4.96. The second-order valence-corrected chi connectivity index (χ2v) is 5.07. The first-order chi connectivity index (χ1) is 9.56. The molecule has 0 aliphatic carbocycles. The Morgan fingerprint density at radius 3 is 2.35 bits per heavy atom. The van der Waals surface area contributed by atoms with Crippen molar-refractivity contribution in [3.63, 3.8) is 0 Å². The van der Waals surface area contributed by atoms with E-state index in [1.54, 1.807) is 0 Å². The minimum Gasteiger partial charge on any atom is -0.326 e. The smallest absolute Gasteiger partial charge is 0.321 e. The first kappa shape index (κ1) is 16.5. The second kappa shape index (κ2) is 8.55. The van der Waals surface area contributed by atoms with Crippen LogP contribution in [-0.2, 0) is 6.54 Å². The van der Waals surface area contributed by atoms with Gasteiger partial charge in [-0.3, -0.25) is 0 Å². The molecule has 0 aliphatic rings. The van der Waals surface area contributed by atoms with Crippen molar-refractivity contribution in [3.05, 3.63) is 29.8 Å². The van der Waals surface area contributed by atoms with Gasteiger partial charge in [-0.15, -0.1) is 0 Å². The Hall–Kier alpha value is -1.59. The predicted octanol–water partition coefficient (Wildman–Crippen LogP) is 1.95. The molecule has 1 rings (SSSR count). The van der Waals surface area contributed by atoms with E-state index in [-0.39, 0.29) is 6.03 Å². The van der Waals surface area contributed by atoms with Gasteiger partial charge in [0.25, 0.3) is 0 Å². The molecule has 0 radical (unpaired) electrons. The third-order valence-electron chi connectivity index (χ3n) is 3.14. The van der Waals surface area contributed by atoms with Crippen molar-refractivity contribution in [1.29, 1.82) is 0 Å². The highest BCUT2D eigenvalue weighted by Gasteiger charge is 2.11. The van der Waals surface area contributed by atoms with Crippen LogP contribution in [0, 0.1) is 0 Å². The van der Waals surface area contributed by atoms with Crippen LogP contribution in [-0.4, -0.2) is 49.6 Å². The van der Waals surface area contributed by atoms with Crippen molar-refractivity contribution in [3.8, 4) is 0 Å². The molecular weight excluding hydrogens is 252 g/mol. The summed E-state index contributed by atoms with van der Waals surface area (Å²) in [5.74, 6) is 0. The first-order valence-corrected chi connectivity index (χ1v) is 7.06. The minimum absolute atomic E-state index is 0.0493. The van der Waals surface area contributed by atoms with E-state index in [2.05, 4.69) is 10.2 Å². The normalized spacial score (nSPS) is 10.7. The molecule has 20 heavy (non-hydrogen) atoms. The molecule has 0 saturated heterocycles. The quantitative estimate of drug-likeness (QED) is 0.801. The average molecular weight is 278 g/mol. The van der Waals surface area contributed by atoms with Crippen LogP contribution in [0.3, 0.4) is 0 Å². The lowest BCUT2D eigenvalue weighted by atomic mass is 10.2. The SMILES string of the molecule is CCN(CCCN(C)C)C(=O)Nc1ccc(CN)cc1. The van der Waals surface area contributed by atoms with E-state index in [9.17, 15) is 4.79 Å². The van der Waals surface area contributed by atoms with Crippen LogP contribution in [0.5, 0.6) is 0 Å². The van der Waals surface area contributed by atoms with Crippen molar-refractivity contribution in [2.24, 2.45) is 5.73 Å². The molecule has 0 aromatic heterocycles. The zero-order valence-corrected chi connectivity index (χ0v) is 12.7. The number of carbonyl (C=O) groups is 1. The van der Waals surface area contributed by atoms with Gasteiger partial charge < -0.3 is 20.9 Å². The van der Waals surface area contributed by atoms with Crippen molar-refractivity contribution < 1.29 is 4.79 Å². The fourth-order valence-electron chi connectivity index (χ4n) is 1.91.